The van der Waals surface area contributed by atoms with E-state index in [1.165, 1.54) is 5.56 Å². The molecule has 3 rings (SSSR count). The molecule has 1 fully saturated rings. The first-order chi connectivity index (χ1) is 12.9. The number of carbonyl (C=O) groups excluding carboxylic acids is 1. The van der Waals surface area contributed by atoms with Crippen molar-refractivity contribution in [3.05, 3.63) is 59.5 Å². The lowest BCUT2D eigenvalue weighted by Gasteiger charge is -2.28. The van der Waals surface area contributed by atoms with Crippen molar-refractivity contribution in [2.24, 2.45) is 0 Å². The Morgan fingerprint density at radius 2 is 1.89 bits per heavy atom. The van der Waals surface area contributed by atoms with Gasteiger partial charge in [-0.1, -0.05) is 30.3 Å². The molecule has 0 radical (unpaired) electrons. The van der Waals surface area contributed by atoms with Gasteiger partial charge in [0.15, 0.2) is 5.76 Å². The first kappa shape index (κ1) is 19.6. The van der Waals surface area contributed by atoms with Crippen molar-refractivity contribution in [1.82, 2.24) is 20.7 Å². The highest BCUT2D eigenvalue weighted by Gasteiger charge is 2.30. The summed E-state index contributed by atoms with van der Waals surface area (Å²) in [4.78, 5) is 16.9. The third kappa shape index (κ3) is 4.97. The summed E-state index contributed by atoms with van der Waals surface area (Å²) >= 11 is 0. The van der Waals surface area contributed by atoms with Gasteiger partial charge in [-0.15, -0.1) is 0 Å². The van der Waals surface area contributed by atoms with Gasteiger partial charge in [0, 0.05) is 24.7 Å². The summed E-state index contributed by atoms with van der Waals surface area (Å²) in [5.41, 5.74) is 7.96. The first-order valence-corrected chi connectivity index (χ1v) is 9.54. The fraction of sp³-hybridized carbons (Fsp3) is 0.476. The van der Waals surface area contributed by atoms with E-state index in [9.17, 15) is 4.79 Å². The Bertz CT molecular complexity index is 742. The van der Waals surface area contributed by atoms with E-state index in [1.54, 1.807) is 6.07 Å². The maximum Gasteiger partial charge on any atom is 0.289 e. The van der Waals surface area contributed by atoms with E-state index in [0.29, 0.717) is 18.8 Å². The van der Waals surface area contributed by atoms with Crippen LogP contribution in [0.5, 0.6) is 0 Å². The molecule has 0 bridgehead atoms. The normalized spacial score (nSPS) is 19.8. The Labute approximate surface area is 161 Å². The van der Waals surface area contributed by atoms with Crippen molar-refractivity contribution in [3.63, 3.8) is 0 Å². The van der Waals surface area contributed by atoms with E-state index >= 15 is 0 Å². The van der Waals surface area contributed by atoms with Crippen molar-refractivity contribution in [2.45, 2.75) is 44.9 Å². The van der Waals surface area contributed by atoms with Crippen molar-refractivity contribution < 1.29 is 9.21 Å². The predicted molar refractivity (Wildman–Crippen MR) is 106 cm³/mol. The van der Waals surface area contributed by atoms with Gasteiger partial charge in [-0.25, -0.2) is 5.43 Å². The van der Waals surface area contributed by atoms with Gasteiger partial charge < -0.3 is 14.2 Å². The molecule has 0 spiro atoms. The zero-order chi connectivity index (χ0) is 19.4. The molecule has 2 heterocycles. The lowest BCUT2D eigenvalue weighted by Crippen LogP contribution is -2.46. The molecule has 0 aliphatic carbocycles. The second-order valence-corrected chi connectivity index (χ2v) is 7.74. The molecular weight excluding hydrogens is 340 g/mol. The topological polar surface area (TPSA) is 60.8 Å². The van der Waals surface area contributed by atoms with Crippen molar-refractivity contribution in [1.29, 1.82) is 0 Å². The fourth-order valence-corrected chi connectivity index (χ4v) is 3.44. The quantitative estimate of drug-likeness (QED) is 0.785. The van der Waals surface area contributed by atoms with Crippen LogP contribution in [-0.2, 0) is 6.54 Å². The van der Waals surface area contributed by atoms with Gasteiger partial charge >= 0.3 is 0 Å². The van der Waals surface area contributed by atoms with Crippen molar-refractivity contribution >= 4 is 5.91 Å². The van der Waals surface area contributed by atoms with Crippen LogP contribution in [0.15, 0.2) is 46.9 Å². The molecule has 2 unspecified atom stereocenters. The van der Waals surface area contributed by atoms with E-state index in [-0.39, 0.29) is 24.0 Å². The van der Waals surface area contributed by atoms with Gasteiger partial charge in [-0.2, -0.15) is 0 Å². The Morgan fingerprint density at radius 3 is 2.56 bits per heavy atom. The van der Waals surface area contributed by atoms with E-state index in [1.807, 2.05) is 49.9 Å². The van der Waals surface area contributed by atoms with Gasteiger partial charge in [0.05, 0.1) is 6.54 Å². The number of furan rings is 1. The van der Waals surface area contributed by atoms with Crippen LogP contribution >= 0.6 is 0 Å². The lowest BCUT2D eigenvalue weighted by atomic mass is 10.0. The molecular formula is C21H30N4O2. The maximum absolute atomic E-state index is 13.0. The zero-order valence-corrected chi connectivity index (χ0v) is 16.6. The van der Waals surface area contributed by atoms with Crippen LogP contribution in [0.25, 0.3) is 0 Å². The standard InChI is InChI=1S/C21H30N4O2/c1-15(2)25(21(26)20-11-10-18(27-20)14-24(3)4)13-17-12-19(23-22-17)16-8-6-5-7-9-16/h5-11,15,17,19,22-23H,12-14H2,1-4H3. The minimum Gasteiger partial charge on any atom is -0.455 e. The minimum absolute atomic E-state index is 0.0556. The second-order valence-electron chi connectivity index (χ2n) is 7.74. The van der Waals surface area contributed by atoms with Crippen LogP contribution in [0.1, 0.15) is 48.2 Å². The van der Waals surface area contributed by atoms with E-state index in [0.717, 1.165) is 12.2 Å². The lowest BCUT2D eigenvalue weighted by molar-refractivity contribution is 0.0652. The molecule has 1 aromatic carbocycles. The van der Waals surface area contributed by atoms with Crippen LogP contribution in [0.2, 0.25) is 0 Å². The van der Waals surface area contributed by atoms with Crippen LogP contribution in [0.4, 0.5) is 0 Å². The molecule has 1 aliphatic rings. The Balaban J connectivity index is 1.64. The fourth-order valence-electron chi connectivity index (χ4n) is 3.44. The molecule has 27 heavy (non-hydrogen) atoms. The van der Waals surface area contributed by atoms with Crippen molar-refractivity contribution in [3.8, 4) is 0 Å². The maximum atomic E-state index is 13.0. The number of carbonyl (C=O) groups is 1. The van der Waals surface area contributed by atoms with Crippen LogP contribution in [0.3, 0.4) is 0 Å². The van der Waals surface area contributed by atoms with Crippen LogP contribution in [0, 0.1) is 0 Å². The van der Waals surface area contributed by atoms with E-state index in [4.69, 9.17) is 4.42 Å². The number of hydrazine groups is 1. The molecule has 1 amide bonds. The molecule has 6 heteroatoms. The average molecular weight is 370 g/mol. The SMILES string of the molecule is CC(C)N(CC1CC(c2ccccc2)NN1)C(=O)c1ccc(CN(C)C)o1. The first-order valence-electron chi connectivity index (χ1n) is 9.54. The van der Waals surface area contributed by atoms with Gasteiger partial charge in [0.25, 0.3) is 5.91 Å². The Kier molecular flexibility index (Phi) is 6.31. The highest BCUT2D eigenvalue weighted by molar-refractivity contribution is 5.91. The van der Waals surface area contributed by atoms with Gasteiger partial charge in [0.1, 0.15) is 5.76 Å². The molecule has 1 aliphatic heterocycles. The van der Waals surface area contributed by atoms with Crippen LogP contribution in [-0.4, -0.2) is 48.4 Å². The molecule has 146 valence electrons. The summed E-state index contributed by atoms with van der Waals surface area (Å²) in [6.07, 6.45) is 0.935. The van der Waals surface area contributed by atoms with Crippen LogP contribution < -0.4 is 10.9 Å². The van der Waals surface area contributed by atoms with E-state index in [2.05, 4.69) is 35.1 Å². The number of hydrogen-bond acceptors (Lipinski definition) is 5. The monoisotopic (exact) mass is 370 g/mol. The minimum atomic E-state index is -0.0556. The number of nitrogens with one attached hydrogen (secondary N) is 2. The largest absolute Gasteiger partial charge is 0.455 e. The smallest absolute Gasteiger partial charge is 0.289 e. The molecule has 2 atom stereocenters. The Hall–Kier alpha value is -2.15. The highest BCUT2D eigenvalue weighted by atomic mass is 16.4. The Morgan fingerprint density at radius 1 is 1.15 bits per heavy atom. The van der Waals surface area contributed by atoms with Gasteiger partial charge in [0.2, 0.25) is 0 Å². The van der Waals surface area contributed by atoms with Gasteiger partial charge in [-0.3, -0.25) is 10.2 Å². The molecule has 1 saturated heterocycles. The molecule has 0 saturated carbocycles. The molecule has 2 aromatic rings. The summed E-state index contributed by atoms with van der Waals surface area (Å²) in [7, 11) is 3.96. The number of benzene rings is 1. The molecule has 6 nitrogen and oxygen atoms in total. The highest BCUT2D eigenvalue weighted by Crippen LogP contribution is 2.23. The summed E-state index contributed by atoms with van der Waals surface area (Å²) in [6.45, 7) is 5.40. The van der Waals surface area contributed by atoms with Crippen molar-refractivity contribution in [2.75, 3.05) is 20.6 Å². The number of amides is 1. The summed E-state index contributed by atoms with van der Waals surface area (Å²) in [5, 5.41) is 0. The number of hydrogen-bond donors (Lipinski definition) is 2. The summed E-state index contributed by atoms with van der Waals surface area (Å²) < 4.78 is 5.77. The number of rotatable bonds is 7. The molecule has 1 aromatic heterocycles. The average Bonchev–Trinajstić information content (AvgIpc) is 3.29. The predicted octanol–water partition coefficient (Wildman–Crippen LogP) is 2.80. The second kappa shape index (κ2) is 8.69. The van der Waals surface area contributed by atoms with Gasteiger partial charge in [-0.05, 0) is 52.1 Å². The third-order valence-electron chi connectivity index (χ3n) is 4.83. The summed E-state index contributed by atoms with van der Waals surface area (Å²) in [6, 6.07) is 14.6. The zero-order valence-electron chi connectivity index (χ0n) is 16.6. The number of nitrogens with zero attached hydrogens (tertiary/aromatic N) is 2. The van der Waals surface area contributed by atoms with E-state index < -0.39 is 0 Å². The molecule has 2 N–H and O–H groups in total. The third-order valence-corrected chi connectivity index (χ3v) is 4.83. The summed E-state index contributed by atoms with van der Waals surface area (Å²) in [5.74, 6) is 1.16.